The number of hydrogen-bond donors (Lipinski definition) is 1. The second-order valence-corrected chi connectivity index (χ2v) is 5.49. The molecule has 2 aromatic rings. The summed E-state index contributed by atoms with van der Waals surface area (Å²) in [5.74, 6) is 1.12. The Morgan fingerprint density at radius 1 is 1.35 bits per heavy atom. The highest BCUT2D eigenvalue weighted by Gasteiger charge is 2.23. The van der Waals surface area contributed by atoms with Gasteiger partial charge in [-0.25, -0.2) is 9.78 Å². The Bertz CT molecular complexity index is 712. The highest BCUT2D eigenvalue weighted by molar-refractivity contribution is 6.33. The molecule has 3 heterocycles. The zero-order valence-corrected chi connectivity index (χ0v) is 13.3. The quantitative estimate of drug-likeness (QED) is 0.898. The average molecular weight is 338 g/mol. The van der Waals surface area contributed by atoms with Crippen molar-refractivity contribution < 1.29 is 9.90 Å². The van der Waals surface area contributed by atoms with Crippen LogP contribution in [0.25, 0.3) is 11.4 Å². The zero-order valence-electron chi connectivity index (χ0n) is 12.6. The molecular weight excluding hydrogens is 322 g/mol. The van der Waals surface area contributed by atoms with Gasteiger partial charge in [0.15, 0.2) is 0 Å². The Labute approximate surface area is 137 Å². The van der Waals surface area contributed by atoms with Crippen LogP contribution >= 0.6 is 11.6 Å². The average Bonchev–Trinajstić information content (AvgIpc) is 3.04. The summed E-state index contributed by atoms with van der Waals surface area (Å²) in [4.78, 5) is 20.2. The molecule has 0 bridgehead atoms. The number of nitrogens with zero attached hydrogens (tertiary/aromatic N) is 7. The number of hydrogen-bond acceptors (Lipinski definition) is 6. The molecule has 0 spiro atoms. The van der Waals surface area contributed by atoms with Gasteiger partial charge in [0, 0.05) is 37.9 Å². The van der Waals surface area contributed by atoms with Gasteiger partial charge in [0.05, 0.1) is 11.6 Å². The molecule has 0 saturated carbocycles. The van der Waals surface area contributed by atoms with E-state index in [1.165, 1.54) is 9.70 Å². The molecule has 10 heteroatoms. The minimum Gasteiger partial charge on any atom is -0.465 e. The molecule has 9 nitrogen and oxygen atoms in total. The number of aryl methyl sites for hydroxylation is 1. The van der Waals surface area contributed by atoms with Gasteiger partial charge in [-0.15, -0.1) is 10.2 Å². The lowest BCUT2D eigenvalue weighted by molar-refractivity contribution is 0.142. The molecule has 3 rings (SSSR count). The predicted octanol–water partition coefficient (Wildman–Crippen LogP) is 1.21. The third kappa shape index (κ3) is 3.19. The SMILES string of the molecule is CCn1nnc(-c2cnc(N3CCN(C(=O)O)CC3)c(Cl)c2)n1. The summed E-state index contributed by atoms with van der Waals surface area (Å²) < 4.78 is 0. The first kappa shape index (κ1) is 15.5. The van der Waals surface area contributed by atoms with Crippen LogP contribution in [0.1, 0.15) is 6.92 Å². The Balaban J connectivity index is 1.76. The lowest BCUT2D eigenvalue weighted by Gasteiger charge is -2.34. The molecule has 1 aliphatic heterocycles. The van der Waals surface area contributed by atoms with Crippen molar-refractivity contribution in [3.63, 3.8) is 0 Å². The molecule has 1 aliphatic rings. The monoisotopic (exact) mass is 337 g/mol. The summed E-state index contributed by atoms with van der Waals surface area (Å²) in [6.45, 7) is 4.55. The van der Waals surface area contributed by atoms with Gasteiger partial charge in [-0.1, -0.05) is 11.6 Å². The molecule has 1 saturated heterocycles. The van der Waals surface area contributed by atoms with Crippen LogP contribution in [0.2, 0.25) is 5.02 Å². The van der Waals surface area contributed by atoms with Gasteiger partial charge in [0.1, 0.15) is 5.82 Å². The van der Waals surface area contributed by atoms with Crippen LogP contribution in [0.5, 0.6) is 0 Å². The number of tetrazole rings is 1. The Kier molecular flexibility index (Phi) is 4.28. The number of pyridine rings is 1. The molecule has 1 N–H and O–H groups in total. The summed E-state index contributed by atoms with van der Waals surface area (Å²) in [6.07, 6.45) is 0.756. The van der Waals surface area contributed by atoms with Gasteiger partial charge in [-0.3, -0.25) is 0 Å². The molecule has 0 atom stereocenters. The lowest BCUT2D eigenvalue weighted by atomic mass is 10.2. The molecule has 2 aromatic heterocycles. The fraction of sp³-hybridized carbons (Fsp3) is 0.462. The van der Waals surface area contributed by atoms with Crippen molar-refractivity contribution in [2.24, 2.45) is 0 Å². The van der Waals surface area contributed by atoms with Crippen LogP contribution in [0.4, 0.5) is 10.6 Å². The highest BCUT2D eigenvalue weighted by atomic mass is 35.5. The maximum absolute atomic E-state index is 10.9. The number of halogens is 1. The summed E-state index contributed by atoms with van der Waals surface area (Å²) in [6, 6.07) is 1.75. The fourth-order valence-corrected chi connectivity index (χ4v) is 2.67. The first-order valence-corrected chi connectivity index (χ1v) is 7.63. The van der Waals surface area contributed by atoms with Gasteiger partial charge >= 0.3 is 6.09 Å². The van der Waals surface area contributed by atoms with Crippen molar-refractivity contribution in [2.75, 3.05) is 31.1 Å². The summed E-state index contributed by atoms with van der Waals surface area (Å²) >= 11 is 6.34. The standard InChI is InChI=1S/C13H16ClN7O2/c1-2-21-17-11(16-18-21)9-7-10(14)12(15-8-9)19-3-5-20(6-4-19)13(22)23/h7-8H,2-6H2,1H3,(H,22,23). The van der Waals surface area contributed by atoms with E-state index in [9.17, 15) is 4.79 Å². The molecular formula is C13H16ClN7O2. The van der Waals surface area contributed by atoms with Crippen LogP contribution in [0.3, 0.4) is 0 Å². The maximum Gasteiger partial charge on any atom is 0.407 e. The number of rotatable bonds is 3. The highest BCUT2D eigenvalue weighted by Crippen LogP contribution is 2.28. The Hall–Kier alpha value is -2.42. The number of carboxylic acid groups (broad SMARTS) is 1. The second kappa shape index (κ2) is 6.37. The topological polar surface area (TPSA) is 100 Å². The van der Waals surface area contributed by atoms with Crippen molar-refractivity contribution in [3.05, 3.63) is 17.3 Å². The zero-order chi connectivity index (χ0) is 16.4. The smallest absolute Gasteiger partial charge is 0.407 e. The van der Waals surface area contributed by atoms with Crippen LogP contribution < -0.4 is 4.90 Å². The third-order valence-electron chi connectivity index (χ3n) is 3.67. The largest absolute Gasteiger partial charge is 0.465 e. The first-order valence-electron chi connectivity index (χ1n) is 7.25. The van der Waals surface area contributed by atoms with Crippen LogP contribution in [0.15, 0.2) is 12.3 Å². The number of piperazine rings is 1. The fourth-order valence-electron chi connectivity index (χ4n) is 2.39. The van der Waals surface area contributed by atoms with Crippen LogP contribution in [0, 0.1) is 0 Å². The molecule has 1 amide bonds. The van der Waals surface area contributed by atoms with E-state index in [1.807, 2.05) is 11.8 Å². The van der Waals surface area contributed by atoms with Crippen LogP contribution in [-0.4, -0.2) is 67.5 Å². The number of anilines is 1. The minimum atomic E-state index is -0.899. The van der Waals surface area contributed by atoms with E-state index in [-0.39, 0.29) is 0 Å². The van der Waals surface area contributed by atoms with Crippen molar-refractivity contribution >= 4 is 23.5 Å². The molecule has 1 fully saturated rings. The third-order valence-corrected chi connectivity index (χ3v) is 3.94. The molecule has 0 aromatic carbocycles. The molecule has 23 heavy (non-hydrogen) atoms. The van der Waals surface area contributed by atoms with Crippen molar-refractivity contribution in [2.45, 2.75) is 13.5 Å². The van der Waals surface area contributed by atoms with E-state index in [1.54, 1.807) is 12.3 Å². The van der Waals surface area contributed by atoms with Gasteiger partial charge in [-0.2, -0.15) is 4.80 Å². The van der Waals surface area contributed by atoms with E-state index >= 15 is 0 Å². The van der Waals surface area contributed by atoms with E-state index in [2.05, 4.69) is 20.4 Å². The van der Waals surface area contributed by atoms with Gasteiger partial charge in [-0.05, 0) is 18.2 Å². The van der Waals surface area contributed by atoms with Crippen LogP contribution in [-0.2, 0) is 6.54 Å². The van der Waals surface area contributed by atoms with E-state index in [4.69, 9.17) is 16.7 Å². The van der Waals surface area contributed by atoms with E-state index < -0.39 is 6.09 Å². The minimum absolute atomic E-state index is 0.432. The number of amides is 1. The molecule has 122 valence electrons. The number of aromatic nitrogens is 5. The maximum atomic E-state index is 10.9. The first-order chi connectivity index (χ1) is 11.1. The number of carbonyl (C=O) groups is 1. The van der Waals surface area contributed by atoms with Gasteiger partial charge in [0.2, 0.25) is 5.82 Å². The Morgan fingerprint density at radius 2 is 2.09 bits per heavy atom. The molecule has 0 aliphatic carbocycles. The summed E-state index contributed by atoms with van der Waals surface area (Å²) in [5.41, 5.74) is 0.697. The molecule has 0 unspecified atom stereocenters. The van der Waals surface area contributed by atoms with Gasteiger partial charge in [0.25, 0.3) is 0 Å². The summed E-state index contributed by atoms with van der Waals surface area (Å²) in [5, 5.41) is 21.6. The normalized spacial score (nSPS) is 15.0. The lowest BCUT2D eigenvalue weighted by Crippen LogP contribution is -2.48. The predicted molar refractivity (Wildman–Crippen MR) is 83.5 cm³/mol. The van der Waals surface area contributed by atoms with Crippen molar-refractivity contribution in [1.29, 1.82) is 0 Å². The van der Waals surface area contributed by atoms with E-state index in [0.29, 0.717) is 55.0 Å². The Morgan fingerprint density at radius 3 is 2.65 bits per heavy atom. The summed E-state index contributed by atoms with van der Waals surface area (Å²) in [7, 11) is 0. The molecule has 0 radical (unpaired) electrons. The van der Waals surface area contributed by atoms with Gasteiger partial charge < -0.3 is 14.9 Å². The van der Waals surface area contributed by atoms with Crippen molar-refractivity contribution in [1.82, 2.24) is 30.1 Å². The van der Waals surface area contributed by atoms with Crippen molar-refractivity contribution in [3.8, 4) is 11.4 Å². The second-order valence-electron chi connectivity index (χ2n) is 5.09. The van der Waals surface area contributed by atoms with E-state index in [0.717, 1.165) is 0 Å².